The largest absolute Gasteiger partial charge is 0.480 e. The van der Waals surface area contributed by atoms with Crippen LogP contribution in [0.15, 0.2) is 11.4 Å². The summed E-state index contributed by atoms with van der Waals surface area (Å²) < 4.78 is 0. The quantitative estimate of drug-likeness (QED) is 0.782. The van der Waals surface area contributed by atoms with Crippen LogP contribution in [0.5, 0.6) is 0 Å². The van der Waals surface area contributed by atoms with Crippen LogP contribution in [0.25, 0.3) is 0 Å². The standard InChI is InChI=1S/C15H22N2O3S/c1-9(2)8-12(14(18)19)17-15(20)16-11-4-3-5-13-10(11)6-7-21-13/h6-7,9,11-12H,3-5,8H2,1-2H3,(H,18,19)(H2,16,17,20). The van der Waals surface area contributed by atoms with Crippen molar-refractivity contribution in [3.05, 3.63) is 21.9 Å². The Balaban J connectivity index is 1.94. The van der Waals surface area contributed by atoms with Crippen molar-refractivity contribution in [2.45, 2.75) is 51.6 Å². The zero-order chi connectivity index (χ0) is 15.4. The number of amides is 2. The van der Waals surface area contributed by atoms with Crippen LogP contribution >= 0.6 is 11.3 Å². The zero-order valence-electron chi connectivity index (χ0n) is 12.4. The van der Waals surface area contributed by atoms with Crippen LogP contribution < -0.4 is 10.6 Å². The molecule has 5 nitrogen and oxygen atoms in total. The molecule has 0 bridgehead atoms. The third-order valence-corrected chi connectivity index (χ3v) is 4.66. The van der Waals surface area contributed by atoms with E-state index in [1.54, 1.807) is 11.3 Å². The Labute approximate surface area is 128 Å². The molecular weight excluding hydrogens is 288 g/mol. The number of aliphatic carboxylic acids is 1. The molecule has 2 unspecified atom stereocenters. The second-order valence-corrected chi connectivity index (χ2v) is 6.88. The number of fused-ring (bicyclic) bond motifs is 1. The molecule has 21 heavy (non-hydrogen) atoms. The van der Waals surface area contributed by atoms with E-state index in [2.05, 4.69) is 10.6 Å². The van der Waals surface area contributed by atoms with Crippen LogP contribution in [0.4, 0.5) is 4.79 Å². The summed E-state index contributed by atoms with van der Waals surface area (Å²) in [6, 6.07) is 0.809. The molecule has 1 aromatic heterocycles. The lowest BCUT2D eigenvalue weighted by Gasteiger charge is -2.25. The van der Waals surface area contributed by atoms with Crippen LogP contribution in [-0.4, -0.2) is 23.1 Å². The highest BCUT2D eigenvalue weighted by Crippen LogP contribution is 2.33. The van der Waals surface area contributed by atoms with Gasteiger partial charge in [0, 0.05) is 4.88 Å². The maximum absolute atomic E-state index is 12.1. The molecule has 1 aromatic rings. The lowest BCUT2D eigenvalue weighted by molar-refractivity contribution is -0.139. The maximum atomic E-state index is 12.1. The number of carbonyl (C=O) groups excluding carboxylic acids is 1. The van der Waals surface area contributed by atoms with Gasteiger partial charge in [-0.25, -0.2) is 9.59 Å². The Kier molecular flexibility index (Phi) is 5.22. The molecule has 0 aliphatic heterocycles. The highest BCUT2D eigenvalue weighted by Gasteiger charge is 2.25. The molecule has 6 heteroatoms. The first-order valence-corrected chi connectivity index (χ1v) is 8.21. The van der Waals surface area contributed by atoms with Crippen molar-refractivity contribution in [2.24, 2.45) is 5.92 Å². The molecule has 1 heterocycles. The number of carboxylic acid groups (broad SMARTS) is 1. The molecule has 1 aliphatic rings. The van der Waals surface area contributed by atoms with E-state index in [-0.39, 0.29) is 12.0 Å². The van der Waals surface area contributed by atoms with Gasteiger partial charge in [-0.05, 0) is 48.6 Å². The molecule has 0 saturated heterocycles. The van der Waals surface area contributed by atoms with Crippen molar-refractivity contribution < 1.29 is 14.7 Å². The highest BCUT2D eigenvalue weighted by molar-refractivity contribution is 7.10. The predicted octanol–water partition coefficient (Wildman–Crippen LogP) is 2.92. The summed E-state index contributed by atoms with van der Waals surface area (Å²) in [5.74, 6) is -0.775. The van der Waals surface area contributed by atoms with Crippen LogP contribution in [0.1, 0.15) is 49.6 Å². The fourth-order valence-electron chi connectivity index (χ4n) is 2.69. The lowest BCUT2D eigenvalue weighted by Crippen LogP contribution is -2.47. The Bertz CT molecular complexity index is 513. The van der Waals surface area contributed by atoms with Crippen molar-refractivity contribution in [2.75, 3.05) is 0 Å². The van der Waals surface area contributed by atoms with Gasteiger partial charge >= 0.3 is 12.0 Å². The number of hydrogen-bond donors (Lipinski definition) is 3. The van der Waals surface area contributed by atoms with E-state index < -0.39 is 18.0 Å². The number of aryl methyl sites for hydroxylation is 1. The number of nitrogens with one attached hydrogen (secondary N) is 2. The van der Waals surface area contributed by atoms with E-state index >= 15 is 0 Å². The number of rotatable bonds is 5. The summed E-state index contributed by atoms with van der Waals surface area (Å²) in [6.45, 7) is 3.88. The molecule has 116 valence electrons. The van der Waals surface area contributed by atoms with Crippen LogP contribution in [-0.2, 0) is 11.2 Å². The average molecular weight is 310 g/mol. The average Bonchev–Trinajstić information content (AvgIpc) is 2.86. The van der Waals surface area contributed by atoms with E-state index in [0.29, 0.717) is 6.42 Å². The summed E-state index contributed by atoms with van der Waals surface area (Å²) in [5, 5.41) is 16.7. The number of hydrogen-bond acceptors (Lipinski definition) is 3. The molecule has 2 atom stereocenters. The summed E-state index contributed by atoms with van der Waals surface area (Å²) in [4.78, 5) is 24.6. The molecule has 0 radical (unpaired) electrons. The van der Waals surface area contributed by atoms with Gasteiger partial charge in [0.1, 0.15) is 6.04 Å². The van der Waals surface area contributed by atoms with Gasteiger partial charge in [0.2, 0.25) is 0 Å². The summed E-state index contributed by atoms with van der Waals surface area (Å²) in [6.07, 6.45) is 3.45. The zero-order valence-corrected chi connectivity index (χ0v) is 13.2. The van der Waals surface area contributed by atoms with Crippen molar-refractivity contribution in [3.63, 3.8) is 0 Å². The maximum Gasteiger partial charge on any atom is 0.326 e. The van der Waals surface area contributed by atoms with E-state index in [1.807, 2.05) is 25.3 Å². The Hall–Kier alpha value is -1.56. The Morgan fingerprint density at radius 2 is 2.24 bits per heavy atom. The van der Waals surface area contributed by atoms with Gasteiger partial charge in [-0.3, -0.25) is 0 Å². The van der Waals surface area contributed by atoms with E-state index in [4.69, 9.17) is 5.11 Å². The fraction of sp³-hybridized carbons (Fsp3) is 0.600. The smallest absolute Gasteiger partial charge is 0.326 e. The Morgan fingerprint density at radius 1 is 1.48 bits per heavy atom. The van der Waals surface area contributed by atoms with Gasteiger partial charge in [-0.15, -0.1) is 11.3 Å². The molecule has 1 aliphatic carbocycles. The SMILES string of the molecule is CC(C)CC(NC(=O)NC1CCCc2sccc21)C(=O)O. The topological polar surface area (TPSA) is 78.4 Å². The van der Waals surface area contributed by atoms with Crippen LogP contribution in [0.3, 0.4) is 0 Å². The molecule has 0 saturated carbocycles. The van der Waals surface area contributed by atoms with Crippen molar-refractivity contribution >= 4 is 23.3 Å². The van der Waals surface area contributed by atoms with E-state index in [9.17, 15) is 9.59 Å². The first-order chi connectivity index (χ1) is 9.97. The molecule has 0 spiro atoms. The predicted molar refractivity (Wildman–Crippen MR) is 82.5 cm³/mol. The minimum Gasteiger partial charge on any atom is -0.480 e. The van der Waals surface area contributed by atoms with Crippen molar-refractivity contribution in [1.29, 1.82) is 0 Å². The number of carboxylic acids is 1. The molecule has 0 aromatic carbocycles. The number of thiophene rings is 1. The number of carbonyl (C=O) groups is 2. The van der Waals surface area contributed by atoms with Crippen LogP contribution in [0.2, 0.25) is 0 Å². The molecule has 3 N–H and O–H groups in total. The summed E-state index contributed by atoms with van der Waals surface area (Å²) in [5.41, 5.74) is 1.18. The van der Waals surface area contributed by atoms with Gasteiger partial charge in [-0.1, -0.05) is 13.8 Å². The lowest BCUT2D eigenvalue weighted by atomic mass is 9.94. The normalized spacial score (nSPS) is 18.9. The van der Waals surface area contributed by atoms with Crippen LogP contribution in [0, 0.1) is 5.92 Å². The Morgan fingerprint density at radius 3 is 2.90 bits per heavy atom. The third kappa shape index (κ3) is 4.20. The monoisotopic (exact) mass is 310 g/mol. The minimum absolute atomic E-state index is 0.00602. The summed E-state index contributed by atoms with van der Waals surface area (Å²) in [7, 11) is 0. The van der Waals surface area contributed by atoms with Gasteiger partial charge in [-0.2, -0.15) is 0 Å². The third-order valence-electron chi connectivity index (χ3n) is 3.67. The second kappa shape index (κ2) is 6.93. The van der Waals surface area contributed by atoms with Gasteiger partial charge in [0.25, 0.3) is 0 Å². The van der Waals surface area contributed by atoms with Gasteiger partial charge in [0.15, 0.2) is 0 Å². The second-order valence-electron chi connectivity index (χ2n) is 5.88. The minimum atomic E-state index is -0.987. The van der Waals surface area contributed by atoms with Gasteiger partial charge in [0.05, 0.1) is 6.04 Å². The first-order valence-electron chi connectivity index (χ1n) is 7.33. The number of urea groups is 1. The van der Waals surface area contributed by atoms with E-state index in [0.717, 1.165) is 19.3 Å². The molecule has 0 fully saturated rings. The molecule has 2 rings (SSSR count). The van der Waals surface area contributed by atoms with Crippen molar-refractivity contribution in [3.8, 4) is 0 Å². The molecular formula is C15H22N2O3S. The first kappa shape index (κ1) is 15.8. The highest BCUT2D eigenvalue weighted by atomic mass is 32.1. The van der Waals surface area contributed by atoms with Gasteiger partial charge < -0.3 is 15.7 Å². The summed E-state index contributed by atoms with van der Waals surface area (Å²) >= 11 is 1.72. The molecule has 2 amide bonds. The van der Waals surface area contributed by atoms with Crippen molar-refractivity contribution in [1.82, 2.24) is 10.6 Å². The fourth-order valence-corrected chi connectivity index (χ4v) is 3.67. The van der Waals surface area contributed by atoms with E-state index in [1.165, 1.54) is 10.4 Å².